The fraction of sp³-hybridized carbons (Fsp3) is 0.235. The highest BCUT2D eigenvalue weighted by molar-refractivity contribution is 7.89. The second-order valence-electron chi connectivity index (χ2n) is 6.16. The highest BCUT2D eigenvalue weighted by Gasteiger charge is 2.42. The zero-order chi connectivity index (χ0) is 17.6. The van der Waals surface area contributed by atoms with Crippen molar-refractivity contribution in [2.45, 2.75) is 23.4 Å². The Morgan fingerprint density at radius 1 is 1.12 bits per heavy atom. The summed E-state index contributed by atoms with van der Waals surface area (Å²) in [5.41, 5.74) is 1.66. The van der Waals surface area contributed by atoms with Crippen LogP contribution in [0, 0.1) is 0 Å². The Morgan fingerprint density at radius 3 is 2.64 bits per heavy atom. The number of carbonyl (C=O) groups is 1. The molecule has 1 saturated heterocycles. The Hall–Kier alpha value is -2.09. The van der Waals surface area contributed by atoms with E-state index >= 15 is 0 Å². The molecule has 25 heavy (non-hydrogen) atoms. The first-order valence-electron chi connectivity index (χ1n) is 7.89. The van der Waals surface area contributed by atoms with Gasteiger partial charge in [-0.15, -0.1) is 0 Å². The molecule has 2 heterocycles. The Balaban J connectivity index is 1.59. The lowest BCUT2D eigenvalue weighted by atomic mass is 10.1. The lowest BCUT2D eigenvalue weighted by Gasteiger charge is -2.32. The SMILES string of the molecule is O=C1Nc2ccccc2N2CC(NS(=O)(=O)c3ccccc3Cl)CC12. The van der Waals surface area contributed by atoms with Crippen LogP contribution in [0.4, 0.5) is 11.4 Å². The second kappa shape index (κ2) is 6.01. The van der Waals surface area contributed by atoms with Crippen LogP contribution in [-0.2, 0) is 14.8 Å². The third-order valence-corrected chi connectivity index (χ3v) is 6.54. The van der Waals surface area contributed by atoms with Gasteiger partial charge in [0.1, 0.15) is 10.9 Å². The summed E-state index contributed by atoms with van der Waals surface area (Å²) in [4.78, 5) is 14.3. The first-order chi connectivity index (χ1) is 12.0. The number of benzene rings is 2. The van der Waals surface area contributed by atoms with Crippen molar-refractivity contribution in [3.05, 3.63) is 53.6 Å². The van der Waals surface area contributed by atoms with Gasteiger partial charge in [-0.05, 0) is 30.7 Å². The van der Waals surface area contributed by atoms with Gasteiger partial charge in [-0.1, -0.05) is 35.9 Å². The standard InChI is InChI=1S/C17H16ClN3O3S/c18-12-5-1-4-8-16(12)25(23,24)20-11-9-15-17(22)19-13-6-2-3-7-14(13)21(15)10-11/h1-8,11,15,20H,9-10H2,(H,19,22). The van der Waals surface area contributed by atoms with E-state index in [-0.39, 0.29) is 27.9 Å². The van der Waals surface area contributed by atoms with Gasteiger partial charge in [-0.25, -0.2) is 13.1 Å². The van der Waals surface area contributed by atoms with Crippen LogP contribution >= 0.6 is 11.6 Å². The molecule has 2 aromatic rings. The summed E-state index contributed by atoms with van der Waals surface area (Å²) >= 11 is 6.01. The quantitative estimate of drug-likeness (QED) is 0.859. The number of fused-ring (bicyclic) bond motifs is 3. The Kier molecular flexibility index (Phi) is 3.94. The molecular weight excluding hydrogens is 362 g/mol. The van der Waals surface area contributed by atoms with Gasteiger partial charge in [0.25, 0.3) is 0 Å². The van der Waals surface area contributed by atoms with Gasteiger partial charge in [0, 0.05) is 12.6 Å². The number of carbonyl (C=O) groups excluding carboxylic acids is 1. The predicted octanol–water partition coefficient (Wildman–Crippen LogP) is 2.22. The number of nitrogens with zero attached hydrogens (tertiary/aromatic N) is 1. The average molecular weight is 378 g/mol. The van der Waals surface area contributed by atoms with Gasteiger partial charge in [0.05, 0.1) is 16.4 Å². The van der Waals surface area contributed by atoms with Gasteiger partial charge < -0.3 is 10.2 Å². The summed E-state index contributed by atoms with van der Waals surface area (Å²) in [5.74, 6) is -0.113. The van der Waals surface area contributed by atoms with Gasteiger partial charge in [0.15, 0.2) is 0 Å². The van der Waals surface area contributed by atoms with Crippen molar-refractivity contribution >= 4 is 38.9 Å². The molecule has 2 aromatic carbocycles. The largest absolute Gasteiger partial charge is 0.356 e. The number of hydrogen-bond donors (Lipinski definition) is 2. The number of amides is 1. The van der Waals surface area contributed by atoms with Crippen molar-refractivity contribution in [3.8, 4) is 0 Å². The molecule has 0 aliphatic carbocycles. The smallest absolute Gasteiger partial charge is 0.247 e. The molecule has 2 N–H and O–H groups in total. The molecule has 0 saturated carbocycles. The minimum atomic E-state index is -3.75. The van der Waals surface area contributed by atoms with E-state index in [2.05, 4.69) is 10.0 Å². The fourth-order valence-electron chi connectivity index (χ4n) is 3.43. The summed E-state index contributed by atoms with van der Waals surface area (Å²) in [6.45, 7) is 0.429. The van der Waals surface area contributed by atoms with E-state index in [0.717, 1.165) is 11.4 Å². The highest BCUT2D eigenvalue weighted by atomic mass is 35.5. The maximum atomic E-state index is 12.6. The maximum absolute atomic E-state index is 12.6. The molecule has 130 valence electrons. The van der Waals surface area contributed by atoms with Gasteiger partial charge in [-0.3, -0.25) is 4.79 Å². The normalized spacial score (nSPS) is 22.3. The molecule has 8 heteroatoms. The molecule has 2 aliphatic heterocycles. The van der Waals surface area contributed by atoms with Crippen LogP contribution < -0.4 is 14.9 Å². The average Bonchev–Trinajstić information content (AvgIpc) is 2.99. The number of para-hydroxylation sites is 2. The molecule has 4 rings (SSSR count). The molecule has 2 unspecified atom stereocenters. The summed E-state index contributed by atoms with van der Waals surface area (Å²) < 4.78 is 27.9. The second-order valence-corrected chi connectivity index (χ2v) is 8.25. The first kappa shape index (κ1) is 16.4. The van der Waals surface area contributed by atoms with Crippen LogP contribution in [-0.4, -0.2) is 33.0 Å². The molecule has 0 spiro atoms. The van der Waals surface area contributed by atoms with Crippen LogP contribution in [0.3, 0.4) is 0 Å². The minimum absolute atomic E-state index is 0.0476. The molecule has 1 amide bonds. The van der Waals surface area contributed by atoms with E-state index in [0.29, 0.717) is 13.0 Å². The van der Waals surface area contributed by atoms with Crippen LogP contribution in [0.15, 0.2) is 53.4 Å². The number of hydrogen-bond acceptors (Lipinski definition) is 4. The van der Waals surface area contributed by atoms with Crippen molar-refractivity contribution < 1.29 is 13.2 Å². The lowest BCUT2D eigenvalue weighted by molar-refractivity contribution is -0.117. The van der Waals surface area contributed by atoms with Crippen molar-refractivity contribution in [2.24, 2.45) is 0 Å². The third-order valence-electron chi connectivity index (χ3n) is 4.52. The van der Waals surface area contributed by atoms with Gasteiger partial charge in [0.2, 0.25) is 15.9 Å². The lowest BCUT2D eigenvalue weighted by Crippen LogP contribution is -2.44. The molecule has 0 aromatic heterocycles. The highest BCUT2D eigenvalue weighted by Crippen LogP contribution is 2.36. The molecule has 1 fully saturated rings. The minimum Gasteiger partial charge on any atom is -0.356 e. The number of rotatable bonds is 3. The molecule has 2 aliphatic rings. The van der Waals surface area contributed by atoms with Crippen LogP contribution in [0.2, 0.25) is 5.02 Å². The van der Waals surface area contributed by atoms with E-state index in [1.165, 1.54) is 12.1 Å². The molecular formula is C17H16ClN3O3S. The van der Waals surface area contributed by atoms with Gasteiger partial charge in [-0.2, -0.15) is 0 Å². The van der Waals surface area contributed by atoms with E-state index in [1.807, 2.05) is 29.2 Å². The van der Waals surface area contributed by atoms with E-state index < -0.39 is 10.0 Å². The van der Waals surface area contributed by atoms with Crippen LogP contribution in [0.5, 0.6) is 0 Å². The van der Waals surface area contributed by atoms with E-state index in [9.17, 15) is 13.2 Å². The molecule has 6 nitrogen and oxygen atoms in total. The first-order valence-corrected chi connectivity index (χ1v) is 9.75. The van der Waals surface area contributed by atoms with Crippen molar-refractivity contribution in [2.75, 3.05) is 16.8 Å². The maximum Gasteiger partial charge on any atom is 0.247 e. The number of anilines is 2. The molecule has 2 atom stereocenters. The van der Waals surface area contributed by atoms with Crippen molar-refractivity contribution in [3.63, 3.8) is 0 Å². The van der Waals surface area contributed by atoms with Crippen LogP contribution in [0.25, 0.3) is 0 Å². The van der Waals surface area contributed by atoms with E-state index in [4.69, 9.17) is 11.6 Å². The Labute approximate surface area is 150 Å². The topological polar surface area (TPSA) is 78.5 Å². The Morgan fingerprint density at radius 2 is 1.84 bits per heavy atom. The van der Waals surface area contributed by atoms with E-state index in [1.54, 1.807) is 12.1 Å². The predicted molar refractivity (Wildman–Crippen MR) is 96.4 cm³/mol. The summed E-state index contributed by atoms with van der Waals surface area (Å²) in [6.07, 6.45) is 0.407. The zero-order valence-electron chi connectivity index (χ0n) is 13.1. The Bertz CT molecular complexity index is 948. The van der Waals surface area contributed by atoms with Crippen molar-refractivity contribution in [1.29, 1.82) is 0 Å². The molecule has 0 radical (unpaired) electrons. The number of halogens is 1. The van der Waals surface area contributed by atoms with Crippen LogP contribution in [0.1, 0.15) is 6.42 Å². The third kappa shape index (κ3) is 2.88. The monoisotopic (exact) mass is 377 g/mol. The number of sulfonamides is 1. The number of nitrogens with one attached hydrogen (secondary N) is 2. The molecule has 0 bridgehead atoms. The summed E-state index contributed by atoms with van der Waals surface area (Å²) in [5, 5.41) is 3.05. The van der Waals surface area contributed by atoms with Gasteiger partial charge >= 0.3 is 0 Å². The van der Waals surface area contributed by atoms with Crippen molar-refractivity contribution in [1.82, 2.24) is 4.72 Å². The summed E-state index contributed by atoms with van der Waals surface area (Å²) in [7, 11) is -3.75. The fourth-order valence-corrected chi connectivity index (χ4v) is 5.19. The summed E-state index contributed by atoms with van der Waals surface area (Å²) in [6, 6.07) is 13.1. The zero-order valence-corrected chi connectivity index (χ0v) is 14.7.